The van der Waals surface area contributed by atoms with Crippen LogP contribution in [0.4, 0.5) is 10.5 Å². The monoisotopic (exact) mass is 371 g/mol. The van der Waals surface area contributed by atoms with Gasteiger partial charge in [0.05, 0.1) is 11.3 Å². The van der Waals surface area contributed by atoms with Crippen LogP contribution in [0.25, 0.3) is 0 Å². The summed E-state index contributed by atoms with van der Waals surface area (Å²) in [5.74, 6) is -0.0285. The number of hydrogen-bond acceptors (Lipinski definition) is 2. The van der Waals surface area contributed by atoms with Crippen LogP contribution in [0.5, 0.6) is 0 Å². The molecule has 1 aliphatic heterocycles. The van der Waals surface area contributed by atoms with Crippen molar-refractivity contribution in [1.29, 1.82) is 0 Å². The molecule has 5 nitrogen and oxygen atoms in total. The lowest BCUT2D eigenvalue weighted by Crippen LogP contribution is -2.32. The van der Waals surface area contributed by atoms with Crippen LogP contribution in [0.1, 0.15) is 34.3 Å². The molecular formula is C20H22ClN3O2. The first-order valence-corrected chi connectivity index (χ1v) is 9.10. The van der Waals surface area contributed by atoms with Crippen molar-refractivity contribution in [3.8, 4) is 0 Å². The second kappa shape index (κ2) is 8.23. The van der Waals surface area contributed by atoms with Gasteiger partial charge in [-0.25, -0.2) is 4.79 Å². The summed E-state index contributed by atoms with van der Waals surface area (Å²) in [5.41, 5.74) is 2.91. The summed E-state index contributed by atoms with van der Waals surface area (Å²) in [6.45, 7) is 3.81. The lowest BCUT2D eigenvalue weighted by Gasteiger charge is -2.19. The molecule has 0 aromatic heterocycles. The summed E-state index contributed by atoms with van der Waals surface area (Å²) in [6.07, 6.45) is 2.06. The van der Waals surface area contributed by atoms with E-state index < -0.39 is 0 Å². The predicted octanol–water partition coefficient (Wildman–Crippen LogP) is 4.21. The Morgan fingerprint density at radius 2 is 1.77 bits per heavy atom. The Morgan fingerprint density at radius 1 is 1.08 bits per heavy atom. The van der Waals surface area contributed by atoms with E-state index in [-0.39, 0.29) is 11.9 Å². The Kier molecular flexibility index (Phi) is 5.78. The Bertz CT molecular complexity index is 799. The number of nitrogens with zero attached hydrogens (tertiary/aromatic N) is 1. The molecule has 2 aromatic carbocycles. The van der Waals surface area contributed by atoms with Crippen LogP contribution in [0.3, 0.4) is 0 Å². The van der Waals surface area contributed by atoms with Crippen LogP contribution in [0, 0.1) is 6.92 Å². The molecule has 136 valence electrons. The van der Waals surface area contributed by atoms with E-state index in [2.05, 4.69) is 10.6 Å². The van der Waals surface area contributed by atoms with Gasteiger partial charge < -0.3 is 15.5 Å². The zero-order chi connectivity index (χ0) is 18.5. The highest BCUT2D eigenvalue weighted by molar-refractivity contribution is 6.30. The maximum atomic E-state index is 12.8. The molecule has 2 aromatic rings. The maximum Gasteiger partial charge on any atom is 0.319 e. The topological polar surface area (TPSA) is 61.4 Å². The van der Waals surface area contributed by atoms with Gasteiger partial charge in [0.1, 0.15) is 0 Å². The highest BCUT2D eigenvalue weighted by Crippen LogP contribution is 2.24. The summed E-state index contributed by atoms with van der Waals surface area (Å²) in [7, 11) is 0. The smallest absolute Gasteiger partial charge is 0.319 e. The molecule has 3 amide bonds. The van der Waals surface area contributed by atoms with Crippen LogP contribution in [-0.2, 0) is 6.54 Å². The van der Waals surface area contributed by atoms with Gasteiger partial charge in [-0.15, -0.1) is 0 Å². The van der Waals surface area contributed by atoms with Crippen molar-refractivity contribution in [2.75, 3.05) is 18.4 Å². The largest absolute Gasteiger partial charge is 0.339 e. The molecule has 0 radical (unpaired) electrons. The van der Waals surface area contributed by atoms with Gasteiger partial charge in [0.2, 0.25) is 0 Å². The number of para-hydroxylation sites is 1. The van der Waals surface area contributed by atoms with Crippen molar-refractivity contribution in [3.63, 3.8) is 0 Å². The number of anilines is 1. The minimum Gasteiger partial charge on any atom is -0.339 e. The SMILES string of the molecule is Cc1cccc(C(=O)N2CCCC2)c1NC(=O)NCc1ccc(Cl)cc1. The number of rotatable bonds is 4. The first kappa shape index (κ1) is 18.3. The van der Waals surface area contributed by atoms with Gasteiger partial charge in [0.25, 0.3) is 5.91 Å². The number of urea groups is 1. The van der Waals surface area contributed by atoms with E-state index in [0.717, 1.165) is 37.1 Å². The van der Waals surface area contributed by atoms with Crippen LogP contribution in [-0.4, -0.2) is 29.9 Å². The molecule has 3 rings (SSSR count). The Morgan fingerprint density at radius 3 is 2.46 bits per heavy atom. The predicted molar refractivity (Wildman–Crippen MR) is 104 cm³/mol. The van der Waals surface area contributed by atoms with Crippen LogP contribution in [0.15, 0.2) is 42.5 Å². The minimum atomic E-state index is -0.343. The van der Waals surface area contributed by atoms with Gasteiger partial charge in [0, 0.05) is 24.7 Å². The highest BCUT2D eigenvalue weighted by atomic mass is 35.5. The van der Waals surface area contributed by atoms with E-state index >= 15 is 0 Å². The van der Waals surface area contributed by atoms with Crippen LogP contribution < -0.4 is 10.6 Å². The molecule has 1 heterocycles. The number of hydrogen-bond donors (Lipinski definition) is 2. The second-order valence-corrected chi connectivity index (χ2v) is 6.87. The lowest BCUT2D eigenvalue weighted by atomic mass is 10.1. The van der Waals surface area contributed by atoms with Crippen molar-refractivity contribution in [2.45, 2.75) is 26.3 Å². The number of aryl methyl sites for hydroxylation is 1. The number of nitrogens with one attached hydrogen (secondary N) is 2. The molecule has 1 fully saturated rings. The molecule has 0 aliphatic carbocycles. The van der Waals surface area contributed by atoms with E-state index in [4.69, 9.17) is 11.6 Å². The standard InChI is InChI=1S/C20H22ClN3O2/c1-14-5-4-6-17(19(25)24-11-2-3-12-24)18(14)23-20(26)22-13-15-7-9-16(21)10-8-15/h4-10H,2-3,11-13H2,1H3,(H2,22,23,26). The quantitative estimate of drug-likeness (QED) is 0.845. The normalized spacial score (nSPS) is 13.5. The molecule has 26 heavy (non-hydrogen) atoms. The number of carbonyl (C=O) groups is 2. The van der Waals surface area contributed by atoms with E-state index in [1.54, 1.807) is 18.2 Å². The average molecular weight is 372 g/mol. The maximum absolute atomic E-state index is 12.8. The van der Waals surface area contributed by atoms with Gasteiger partial charge in [-0.3, -0.25) is 4.79 Å². The first-order valence-electron chi connectivity index (χ1n) is 8.73. The van der Waals surface area contributed by atoms with Gasteiger partial charge in [-0.05, 0) is 49.1 Å². The molecule has 2 N–H and O–H groups in total. The van der Waals surface area contributed by atoms with Crippen molar-refractivity contribution in [1.82, 2.24) is 10.2 Å². The molecule has 1 aliphatic rings. The fourth-order valence-corrected chi connectivity index (χ4v) is 3.17. The second-order valence-electron chi connectivity index (χ2n) is 6.43. The molecule has 0 unspecified atom stereocenters. The zero-order valence-electron chi connectivity index (χ0n) is 14.7. The number of carbonyl (C=O) groups excluding carboxylic acids is 2. The third-order valence-corrected chi connectivity index (χ3v) is 4.75. The minimum absolute atomic E-state index is 0.0285. The van der Waals surface area contributed by atoms with Crippen molar-refractivity contribution in [2.24, 2.45) is 0 Å². The summed E-state index contributed by atoms with van der Waals surface area (Å²) >= 11 is 5.86. The molecule has 0 bridgehead atoms. The average Bonchev–Trinajstić information content (AvgIpc) is 3.17. The number of likely N-dealkylation sites (tertiary alicyclic amines) is 1. The van der Waals surface area contributed by atoms with Gasteiger partial charge in [-0.2, -0.15) is 0 Å². The molecule has 0 saturated carbocycles. The fourth-order valence-electron chi connectivity index (χ4n) is 3.04. The molecule has 0 atom stereocenters. The lowest BCUT2D eigenvalue weighted by molar-refractivity contribution is 0.0794. The van der Waals surface area contributed by atoms with Crippen molar-refractivity contribution in [3.05, 3.63) is 64.2 Å². The Balaban J connectivity index is 1.69. The van der Waals surface area contributed by atoms with E-state index in [1.165, 1.54) is 0 Å². The Labute approximate surface area is 158 Å². The first-order chi connectivity index (χ1) is 12.5. The molecule has 1 saturated heterocycles. The summed E-state index contributed by atoms with van der Waals surface area (Å²) in [6, 6.07) is 12.4. The van der Waals surface area contributed by atoms with Crippen LogP contribution >= 0.6 is 11.6 Å². The van der Waals surface area contributed by atoms with Crippen molar-refractivity contribution < 1.29 is 9.59 Å². The van der Waals surface area contributed by atoms with E-state index in [0.29, 0.717) is 22.8 Å². The summed E-state index contributed by atoms with van der Waals surface area (Å²) in [4.78, 5) is 26.9. The van der Waals surface area contributed by atoms with Gasteiger partial charge in [-0.1, -0.05) is 35.9 Å². The van der Waals surface area contributed by atoms with Crippen molar-refractivity contribution >= 4 is 29.2 Å². The number of amides is 3. The third kappa shape index (κ3) is 4.35. The fraction of sp³-hybridized carbons (Fsp3) is 0.300. The third-order valence-electron chi connectivity index (χ3n) is 4.50. The molecular weight excluding hydrogens is 350 g/mol. The summed E-state index contributed by atoms with van der Waals surface area (Å²) < 4.78 is 0. The zero-order valence-corrected chi connectivity index (χ0v) is 15.5. The van der Waals surface area contributed by atoms with Crippen LogP contribution in [0.2, 0.25) is 5.02 Å². The molecule has 0 spiro atoms. The highest BCUT2D eigenvalue weighted by Gasteiger charge is 2.23. The number of benzene rings is 2. The Hall–Kier alpha value is -2.53. The van der Waals surface area contributed by atoms with Gasteiger partial charge >= 0.3 is 6.03 Å². The van der Waals surface area contributed by atoms with E-state index in [9.17, 15) is 9.59 Å². The summed E-state index contributed by atoms with van der Waals surface area (Å²) in [5, 5.41) is 6.31. The number of halogens is 1. The molecule has 6 heteroatoms. The van der Waals surface area contributed by atoms with E-state index in [1.807, 2.05) is 36.1 Å². The van der Waals surface area contributed by atoms with Gasteiger partial charge in [0.15, 0.2) is 0 Å².